The average Bonchev–Trinajstić information content (AvgIpc) is 3.29. The van der Waals surface area contributed by atoms with E-state index in [4.69, 9.17) is 14.2 Å². The van der Waals surface area contributed by atoms with Crippen molar-refractivity contribution in [1.82, 2.24) is 0 Å². The molecule has 0 saturated heterocycles. The summed E-state index contributed by atoms with van der Waals surface area (Å²) in [7, 11) is 0. The van der Waals surface area contributed by atoms with Crippen molar-refractivity contribution < 1.29 is 28.6 Å². The van der Waals surface area contributed by atoms with Gasteiger partial charge in [0.2, 0.25) is 0 Å². The second kappa shape index (κ2) is 53.8. The minimum Gasteiger partial charge on any atom is -0.462 e. The van der Waals surface area contributed by atoms with E-state index in [0.717, 1.165) is 70.6 Å². The lowest BCUT2D eigenvalue weighted by Crippen LogP contribution is -2.30. The van der Waals surface area contributed by atoms with E-state index in [9.17, 15) is 14.4 Å². The fraction of sp³-hybridized carbons (Fsp3) is 0.914. The van der Waals surface area contributed by atoms with Crippen LogP contribution in [0.5, 0.6) is 0 Å². The third kappa shape index (κ3) is 51.1. The zero-order valence-electron chi connectivity index (χ0n) is 43.3. The van der Waals surface area contributed by atoms with Gasteiger partial charge >= 0.3 is 17.9 Å². The third-order valence-electron chi connectivity index (χ3n) is 13.0. The van der Waals surface area contributed by atoms with Crippen molar-refractivity contribution in [3.05, 3.63) is 12.2 Å². The number of carbonyl (C=O) groups is 3. The molecule has 0 saturated carbocycles. The van der Waals surface area contributed by atoms with Gasteiger partial charge < -0.3 is 14.2 Å². The van der Waals surface area contributed by atoms with E-state index in [0.29, 0.717) is 19.3 Å². The second-order valence-electron chi connectivity index (χ2n) is 19.6. The Bertz CT molecular complexity index is 993. The predicted octanol–water partition coefficient (Wildman–Crippen LogP) is 18.9. The Morgan fingerprint density at radius 3 is 0.844 bits per heavy atom. The van der Waals surface area contributed by atoms with Gasteiger partial charge in [-0.1, -0.05) is 277 Å². The first kappa shape index (κ1) is 62.1. The Kier molecular flexibility index (Phi) is 52.2. The van der Waals surface area contributed by atoms with Gasteiger partial charge in [-0.3, -0.25) is 14.4 Å². The summed E-state index contributed by atoms with van der Waals surface area (Å²) in [6.45, 7) is 6.63. The van der Waals surface area contributed by atoms with Gasteiger partial charge in [-0.25, -0.2) is 0 Å². The van der Waals surface area contributed by atoms with Crippen LogP contribution in [0.4, 0.5) is 0 Å². The highest BCUT2D eigenvalue weighted by Crippen LogP contribution is 2.17. The predicted molar refractivity (Wildman–Crippen MR) is 275 cm³/mol. The van der Waals surface area contributed by atoms with Crippen LogP contribution in [0.25, 0.3) is 0 Å². The molecule has 0 fully saturated rings. The number of ether oxygens (including phenoxy) is 3. The highest BCUT2D eigenvalue weighted by atomic mass is 16.6. The van der Waals surface area contributed by atoms with E-state index in [-0.39, 0.29) is 31.1 Å². The molecule has 0 bridgehead atoms. The number of hydrogen-bond donors (Lipinski definition) is 0. The molecule has 0 aromatic carbocycles. The lowest BCUT2D eigenvalue weighted by atomic mass is 10.0. The normalized spacial score (nSPS) is 12.0. The maximum absolute atomic E-state index is 12.8. The minimum atomic E-state index is -0.767. The fourth-order valence-corrected chi connectivity index (χ4v) is 8.68. The highest BCUT2D eigenvalue weighted by molar-refractivity contribution is 5.71. The Labute approximate surface area is 399 Å². The molecule has 0 N–H and O–H groups in total. The molecule has 0 aromatic rings. The summed E-state index contributed by atoms with van der Waals surface area (Å²) in [6, 6.07) is 0. The van der Waals surface area contributed by atoms with Crippen molar-refractivity contribution in [2.75, 3.05) is 13.2 Å². The van der Waals surface area contributed by atoms with Crippen molar-refractivity contribution in [1.29, 1.82) is 0 Å². The molecule has 0 aromatic heterocycles. The topological polar surface area (TPSA) is 78.9 Å². The number of carbonyl (C=O) groups excluding carboxylic acids is 3. The molecule has 1 unspecified atom stereocenters. The van der Waals surface area contributed by atoms with Crippen LogP contribution in [0.2, 0.25) is 0 Å². The average molecular weight is 904 g/mol. The van der Waals surface area contributed by atoms with E-state index in [2.05, 4.69) is 32.9 Å². The first-order valence-electron chi connectivity index (χ1n) is 28.7. The molecule has 6 nitrogen and oxygen atoms in total. The van der Waals surface area contributed by atoms with Crippen LogP contribution in [0.15, 0.2) is 12.2 Å². The summed E-state index contributed by atoms with van der Waals surface area (Å²) in [4.78, 5) is 38.0. The SMILES string of the molecule is CCC/C=C\CCCCCCCC(=O)OCC(COC(=O)CCCCCCCCCCCCCCCCCCCCC)OC(=O)CCCCCCCCCCCCCCCCCCC. The van der Waals surface area contributed by atoms with Crippen molar-refractivity contribution >= 4 is 17.9 Å². The van der Waals surface area contributed by atoms with Gasteiger partial charge in [0.1, 0.15) is 13.2 Å². The molecular formula is C58H110O6. The molecule has 0 amide bonds. The first-order chi connectivity index (χ1) is 31.5. The lowest BCUT2D eigenvalue weighted by molar-refractivity contribution is -0.167. The van der Waals surface area contributed by atoms with Crippen LogP contribution in [0.3, 0.4) is 0 Å². The van der Waals surface area contributed by atoms with Crippen molar-refractivity contribution in [3.63, 3.8) is 0 Å². The minimum absolute atomic E-state index is 0.0667. The summed E-state index contributed by atoms with van der Waals surface area (Å²) in [6.07, 6.45) is 60.7. The van der Waals surface area contributed by atoms with Gasteiger partial charge in [0.25, 0.3) is 0 Å². The van der Waals surface area contributed by atoms with Crippen LogP contribution in [-0.4, -0.2) is 37.2 Å². The van der Waals surface area contributed by atoms with Crippen molar-refractivity contribution in [2.24, 2.45) is 0 Å². The molecule has 0 aliphatic rings. The standard InChI is InChI=1S/C58H110O6/c1-4-7-10-13-16-19-22-24-26-28-29-31-32-34-36-39-42-45-48-51-57(60)63-54-55(53-62-56(59)50-47-44-41-38-21-18-15-12-9-6-3)64-58(61)52-49-46-43-40-37-35-33-30-27-25-23-20-17-14-11-8-5-2/h12,15,55H,4-11,13-14,16-54H2,1-3H3/b15-12-. The molecule has 6 heteroatoms. The number of allylic oxidation sites excluding steroid dienone is 2. The van der Waals surface area contributed by atoms with Crippen molar-refractivity contribution in [2.45, 2.75) is 329 Å². The molecule has 64 heavy (non-hydrogen) atoms. The Hall–Kier alpha value is -1.85. The van der Waals surface area contributed by atoms with E-state index >= 15 is 0 Å². The van der Waals surface area contributed by atoms with Gasteiger partial charge in [0, 0.05) is 19.3 Å². The summed E-state index contributed by atoms with van der Waals surface area (Å²) in [5.74, 6) is -0.855. The maximum atomic E-state index is 12.8. The zero-order valence-corrected chi connectivity index (χ0v) is 43.3. The number of esters is 3. The third-order valence-corrected chi connectivity index (χ3v) is 13.0. The van der Waals surface area contributed by atoms with Crippen molar-refractivity contribution in [3.8, 4) is 0 Å². The molecule has 0 radical (unpaired) electrons. The van der Waals surface area contributed by atoms with Gasteiger partial charge in [-0.15, -0.1) is 0 Å². The van der Waals surface area contributed by atoms with Crippen LogP contribution in [0.1, 0.15) is 323 Å². The largest absolute Gasteiger partial charge is 0.462 e. The monoisotopic (exact) mass is 903 g/mol. The summed E-state index contributed by atoms with van der Waals surface area (Å²) < 4.78 is 16.8. The Morgan fingerprint density at radius 1 is 0.297 bits per heavy atom. The summed E-state index contributed by atoms with van der Waals surface area (Å²) in [5.41, 5.74) is 0. The molecule has 0 heterocycles. The smallest absolute Gasteiger partial charge is 0.306 e. The van der Waals surface area contributed by atoms with Crippen LogP contribution in [-0.2, 0) is 28.6 Å². The summed E-state index contributed by atoms with van der Waals surface area (Å²) in [5, 5.41) is 0. The first-order valence-corrected chi connectivity index (χ1v) is 28.7. The lowest BCUT2D eigenvalue weighted by Gasteiger charge is -2.18. The Morgan fingerprint density at radius 2 is 0.547 bits per heavy atom. The molecule has 0 aliphatic carbocycles. The molecule has 0 aliphatic heterocycles. The molecule has 0 spiro atoms. The molecule has 0 rings (SSSR count). The quantitative estimate of drug-likeness (QED) is 0.0262. The number of unbranched alkanes of at least 4 members (excludes halogenated alkanes) is 40. The fourth-order valence-electron chi connectivity index (χ4n) is 8.68. The molecule has 1 atom stereocenters. The number of hydrogen-bond acceptors (Lipinski definition) is 6. The maximum Gasteiger partial charge on any atom is 0.306 e. The molecular weight excluding hydrogens is 793 g/mol. The van der Waals surface area contributed by atoms with Crippen LogP contribution < -0.4 is 0 Å². The van der Waals surface area contributed by atoms with E-state index in [1.807, 2.05) is 0 Å². The summed E-state index contributed by atoms with van der Waals surface area (Å²) >= 11 is 0. The van der Waals surface area contributed by atoms with Gasteiger partial charge in [0.05, 0.1) is 0 Å². The number of rotatable bonds is 53. The van der Waals surface area contributed by atoms with E-state index in [1.165, 1.54) is 212 Å². The van der Waals surface area contributed by atoms with E-state index < -0.39 is 6.10 Å². The zero-order chi connectivity index (χ0) is 46.5. The van der Waals surface area contributed by atoms with Gasteiger partial charge in [0.15, 0.2) is 6.10 Å². The van der Waals surface area contributed by atoms with E-state index in [1.54, 1.807) is 0 Å². The van der Waals surface area contributed by atoms with Crippen LogP contribution >= 0.6 is 0 Å². The van der Waals surface area contributed by atoms with Gasteiger partial charge in [-0.2, -0.15) is 0 Å². The van der Waals surface area contributed by atoms with Crippen LogP contribution in [0, 0.1) is 0 Å². The molecule has 378 valence electrons. The Balaban J connectivity index is 4.23. The van der Waals surface area contributed by atoms with Gasteiger partial charge in [-0.05, 0) is 38.5 Å². The second-order valence-corrected chi connectivity index (χ2v) is 19.6. The highest BCUT2D eigenvalue weighted by Gasteiger charge is 2.19.